The first-order chi connectivity index (χ1) is 20.3. The Labute approximate surface area is 254 Å². The Morgan fingerprint density at radius 2 is 1.81 bits per heavy atom. The predicted octanol–water partition coefficient (Wildman–Crippen LogP) is 5.30. The molecule has 1 fully saturated rings. The van der Waals surface area contributed by atoms with Crippen molar-refractivity contribution in [2.45, 2.75) is 88.7 Å². The summed E-state index contributed by atoms with van der Waals surface area (Å²) in [7, 11) is -4.29. The molecule has 2 aliphatic rings. The van der Waals surface area contributed by atoms with Gasteiger partial charge >= 0.3 is 0 Å². The second-order valence-corrected chi connectivity index (χ2v) is 14.7. The zero-order valence-electron chi connectivity index (χ0n) is 25.4. The third-order valence-electron chi connectivity index (χ3n) is 8.19. The Morgan fingerprint density at radius 3 is 2.56 bits per heavy atom. The van der Waals surface area contributed by atoms with E-state index < -0.39 is 15.9 Å². The number of nitrogens with zero attached hydrogens (tertiary/aromatic N) is 5. The van der Waals surface area contributed by atoms with Gasteiger partial charge in [0.05, 0.1) is 23.4 Å². The van der Waals surface area contributed by atoms with Gasteiger partial charge in [-0.1, -0.05) is 32.9 Å². The van der Waals surface area contributed by atoms with Crippen molar-refractivity contribution in [3.63, 3.8) is 0 Å². The highest BCUT2D eigenvalue weighted by Gasteiger charge is 2.41. The number of hydrogen-bond donors (Lipinski definition) is 2. The Kier molecular flexibility index (Phi) is 8.18. The number of pyridine rings is 3. The lowest BCUT2D eigenvalue weighted by Gasteiger charge is -2.34. The average Bonchev–Trinajstić information content (AvgIpc) is 3.26. The van der Waals surface area contributed by atoms with Crippen LogP contribution < -0.4 is 14.9 Å². The molecule has 3 aromatic rings. The first-order valence-corrected chi connectivity index (χ1v) is 16.2. The van der Waals surface area contributed by atoms with Crippen LogP contribution >= 0.6 is 0 Å². The summed E-state index contributed by atoms with van der Waals surface area (Å²) in [6.45, 7) is 11.1. The van der Waals surface area contributed by atoms with Gasteiger partial charge in [-0.05, 0) is 75.4 Å². The number of aromatic nitrogens is 3. The molecule has 10 nitrogen and oxygen atoms in total. The van der Waals surface area contributed by atoms with Crippen LogP contribution in [0.4, 0.5) is 11.6 Å². The first kappa shape index (κ1) is 30.4. The highest BCUT2D eigenvalue weighted by atomic mass is 32.2. The first-order valence-electron chi connectivity index (χ1n) is 14.7. The fourth-order valence-electron chi connectivity index (χ4n) is 5.97. The topological polar surface area (TPSA) is 141 Å². The standard InChI is InChI=1S/C32H39N7O3S/c1-31(2,3)26-17-15-23-29(36-26)39-20-21(19-32(39,4)5)14-16-25(24-11-6-9-22(34-24)10-8-18-33)35-27-12-7-13-28(37-27)43(41,42)38-30(23)40/h6-7,9,11-13,15,17,21,25H,8,10,14,16,19-20H2,1-5H3,(H,35,37)(H,38,40)/t21-,25-/m0/s1. The summed E-state index contributed by atoms with van der Waals surface area (Å²) in [6, 6.07) is 15.9. The second-order valence-electron chi connectivity index (χ2n) is 13.1. The molecule has 11 heteroatoms. The normalized spacial score (nSPS) is 21.4. The maximum absolute atomic E-state index is 13.6. The molecule has 0 unspecified atom stereocenters. The number of rotatable bonds is 3. The monoisotopic (exact) mass is 601 g/mol. The maximum atomic E-state index is 13.6. The fourth-order valence-corrected chi connectivity index (χ4v) is 6.90. The molecule has 43 heavy (non-hydrogen) atoms. The Morgan fingerprint density at radius 1 is 1.05 bits per heavy atom. The van der Waals surface area contributed by atoms with Gasteiger partial charge in [0.25, 0.3) is 15.9 Å². The molecule has 1 amide bonds. The highest BCUT2D eigenvalue weighted by Crippen LogP contribution is 2.41. The number of hydrogen-bond acceptors (Lipinski definition) is 9. The molecule has 0 saturated carbocycles. The van der Waals surface area contributed by atoms with Crippen LogP contribution in [0.5, 0.6) is 0 Å². The van der Waals surface area contributed by atoms with E-state index in [1.54, 1.807) is 24.3 Å². The molecular formula is C32H39N7O3S. The molecule has 5 rings (SSSR count). The molecule has 0 spiro atoms. The van der Waals surface area contributed by atoms with Gasteiger partial charge in [-0.2, -0.15) is 13.7 Å². The van der Waals surface area contributed by atoms with Crippen molar-refractivity contribution in [3.8, 4) is 6.07 Å². The van der Waals surface area contributed by atoms with Crippen molar-refractivity contribution < 1.29 is 13.2 Å². The molecule has 0 aliphatic carbocycles. The SMILES string of the molecule is CC(C)(C)c1ccc2c(n1)N1C[C@@H](CC[C@@H](c3cccc(CCC#N)n3)Nc3cccc(n3)S(=O)(=O)NC2=O)CC1(C)C. The third kappa shape index (κ3) is 6.64. The van der Waals surface area contributed by atoms with E-state index in [-0.39, 0.29) is 27.6 Å². The second kappa shape index (κ2) is 11.6. The molecule has 1 saturated heterocycles. The number of nitriles is 1. The molecule has 2 aliphatic heterocycles. The van der Waals surface area contributed by atoms with E-state index in [9.17, 15) is 13.2 Å². The van der Waals surface area contributed by atoms with Crippen molar-refractivity contribution in [1.29, 1.82) is 5.26 Å². The molecule has 226 valence electrons. The minimum atomic E-state index is -4.29. The van der Waals surface area contributed by atoms with Gasteiger partial charge in [0.2, 0.25) is 0 Å². The van der Waals surface area contributed by atoms with E-state index >= 15 is 0 Å². The molecule has 5 heterocycles. The van der Waals surface area contributed by atoms with E-state index in [0.717, 1.165) is 36.3 Å². The van der Waals surface area contributed by atoms with Crippen LogP contribution in [-0.4, -0.2) is 41.4 Å². The van der Waals surface area contributed by atoms with Crippen LogP contribution in [0.25, 0.3) is 0 Å². The van der Waals surface area contributed by atoms with E-state index in [0.29, 0.717) is 36.9 Å². The van der Waals surface area contributed by atoms with Gasteiger partial charge in [-0.3, -0.25) is 9.78 Å². The number of fused-ring (bicyclic) bond motifs is 6. The summed E-state index contributed by atoms with van der Waals surface area (Å²) in [4.78, 5) is 30.0. The molecule has 2 N–H and O–H groups in total. The lowest BCUT2D eigenvalue weighted by molar-refractivity contribution is 0.0981. The smallest absolute Gasteiger partial charge is 0.281 e. The number of sulfonamides is 1. The largest absolute Gasteiger partial charge is 0.362 e. The molecular weight excluding hydrogens is 562 g/mol. The summed E-state index contributed by atoms with van der Waals surface area (Å²) in [5, 5.41) is 12.2. The number of nitrogens with one attached hydrogen (secondary N) is 2. The lowest BCUT2D eigenvalue weighted by Crippen LogP contribution is -2.41. The van der Waals surface area contributed by atoms with E-state index in [2.05, 4.69) is 60.6 Å². The fraction of sp³-hybridized carbons (Fsp3) is 0.469. The Bertz CT molecular complexity index is 1670. The van der Waals surface area contributed by atoms with Crippen LogP contribution in [-0.2, 0) is 21.9 Å². The average molecular weight is 602 g/mol. The van der Waals surface area contributed by atoms with E-state index in [1.165, 1.54) is 6.07 Å². The third-order valence-corrected chi connectivity index (χ3v) is 9.43. The Balaban J connectivity index is 1.60. The van der Waals surface area contributed by atoms with Crippen molar-refractivity contribution in [2.24, 2.45) is 5.92 Å². The predicted molar refractivity (Wildman–Crippen MR) is 165 cm³/mol. The molecule has 3 aromatic heterocycles. The van der Waals surface area contributed by atoms with Crippen LogP contribution in [0, 0.1) is 17.2 Å². The Hall–Kier alpha value is -4.04. The highest BCUT2D eigenvalue weighted by molar-refractivity contribution is 7.90. The van der Waals surface area contributed by atoms with Crippen LogP contribution in [0.3, 0.4) is 0 Å². The minimum absolute atomic E-state index is 0.214. The summed E-state index contributed by atoms with van der Waals surface area (Å²) in [6.07, 6.45) is 3.39. The van der Waals surface area contributed by atoms with Crippen molar-refractivity contribution in [3.05, 3.63) is 71.2 Å². The summed E-state index contributed by atoms with van der Waals surface area (Å²) in [5.41, 5.74) is 2.08. The maximum Gasteiger partial charge on any atom is 0.281 e. The number of carbonyl (C=O) groups excluding carboxylic acids is 1. The number of amides is 1. The quantitative estimate of drug-likeness (QED) is 0.409. The van der Waals surface area contributed by atoms with Crippen molar-refractivity contribution >= 4 is 27.6 Å². The molecule has 0 radical (unpaired) electrons. The molecule has 4 bridgehead atoms. The summed E-state index contributed by atoms with van der Waals surface area (Å²) in [5.74, 6) is 0.411. The van der Waals surface area contributed by atoms with E-state index in [4.69, 9.17) is 15.2 Å². The van der Waals surface area contributed by atoms with E-state index in [1.807, 2.05) is 18.2 Å². The zero-order chi connectivity index (χ0) is 31.0. The minimum Gasteiger partial charge on any atom is -0.362 e. The molecule has 2 atom stereocenters. The van der Waals surface area contributed by atoms with Crippen molar-refractivity contribution in [1.82, 2.24) is 19.7 Å². The van der Waals surface area contributed by atoms with Crippen LogP contribution in [0.2, 0.25) is 0 Å². The summed E-state index contributed by atoms with van der Waals surface area (Å²) >= 11 is 0. The van der Waals surface area contributed by atoms with Gasteiger partial charge in [-0.25, -0.2) is 14.7 Å². The van der Waals surface area contributed by atoms with Crippen molar-refractivity contribution in [2.75, 3.05) is 16.8 Å². The zero-order valence-corrected chi connectivity index (χ0v) is 26.2. The van der Waals surface area contributed by atoms with Gasteiger partial charge in [-0.15, -0.1) is 0 Å². The lowest BCUT2D eigenvalue weighted by atomic mass is 9.90. The van der Waals surface area contributed by atoms with Gasteiger partial charge in [0.1, 0.15) is 11.6 Å². The van der Waals surface area contributed by atoms with Gasteiger partial charge < -0.3 is 10.2 Å². The van der Waals surface area contributed by atoms with Crippen LogP contribution in [0.15, 0.2) is 53.6 Å². The number of carbonyl (C=O) groups is 1. The number of anilines is 2. The van der Waals surface area contributed by atoms with Gasteiger partial charge in [0.15, 0.2) is 5.03 Å². The molecule has 0 aromatic carbocycles. The summed E-state index contributed by atoms with van der Waals surface area (Å²) < 4.78 is 29.1. The van der Waals surface area contributed by atoms with Gasteiger partial charge in [0, 0.05) is 41.7 Å². The number of aryl methyl sites for hydroxylation is 1. The van der Waals surface area contributed by atoms with Crippen LogP contribution in [0.1, 0.15) is 93.8 Å².